The first-order valence-electron chi connectivity index (χ1n) is 8.66. The van der Waals surface area contributed by atoms with Gasteiger partial charge in [-0.15, -0.1) is 0 Å². The summed E-state index contributed by atoms with van der Waals surface area (Å²) >= 11 is 3.49. The van der Waals surface area contributed by atoms with Gasteiger partial charge in [0.15, 0.2) is 11.6 Å². The van der Waals surface area contributed by atoms with E-state index in [9.17, 15) is 4.79 Å². The van der Waals surface area contributed by atoms with E-state index in [1.54, 1.807) is 4.57 Å². The van der Waals surface area contributed by atoms with Crippen molar-refractivity contribution in [3.05, 3.63) is 39.2 Å². The zero-order valence-corrected chi connectivity index (χ0v) is 15.9. The number of imidazole rings is 1. The van der Waals surface area contributed by atoms with Gasteiger partial charge in [0.2, 0.25) is 0 Å². The number of halogens is 1. The van der Waals surface area contributed by atoms with Crippen LogP contribution in [0.25, 0.3) is 22.9 Å². The topological polar surface area (TPSA) is 64.7 Å². The lowest BCUT2D eigenvalue weighted by molar-refractivity contribution is 0.556. The van der Waals surface area contributed by atoms with Gasteiger partial charge in [0.25, 0.3) is 0 Å². The van der Waals surface area contributed by atoms with Crippen molar-refractivity contribution in [3.63, 3.8) is 0 Å². The first-order valence-corrected chi connectivity index (χ1v) is 9.45. The van der Waals surface area contributed by atoms with Gasteiger partial charge in [-0.3, -0.25) is 9.13 Å². The summed E-state index contributed by atoms with van der Waals surface area (Å²) in [6, 6.07) is 8.17. The molecule has 7 heteroatoms. The molecule has 0 aliphatic carbocycles. The number of fused-ring (bicyclic) bond motifs is 3. The SMILES string of the molecule is CCCn1c2nc(-c3cccc(Br)c3)nc-2c2n(c1=O)CC(CC)N2. The minimum Gasteiger partial charge on any atom is -0.365 e. The number of anilines is 1. The van der Waals surface area contributed by atoms with Crippen molar-refractivity contribution in [2.45, 2.75) is 45.8 Å². The van der Waals surface area contributed by atoms with E-state index in [4.69, 9.17) is 9.97 Å². The molecule has 0 saturated carbocycles. The van der Waals surface area contributed by atoms with E-state index in [1.165, 1.54) is 0 Å². The maximum Gasteiger partial charge on any atom is 0.331 e. The van der Waals surface area contributed by atoms with Gasteiger partial charge < -0.3 is 5.32 Å². The van der Waals surface area contributed by atoms with Crippen molar-refractivity contribution in [2.75, 3.05) is 5.32 Å². The van der Waals surface area contributed by atoms with Crippen LogP contribution < -0.4 is 11.0 Å². The van der Waals surface area contributed by atoms with Crippen LogP contribution in [0.2, 0.25) is 0 Å². The third-order valence-electron chi connectivity index (χ3n) is 4.62. The van der Waals surface area contributed by atoms with E-state index < -0.39 is 0 Å². The number of hydrogen-bond acceptors (Lipinski definition) is 4. The van der Waals surface area contributed by atoms with Gasteiger partial charge in [-0.05, 0) is 25.0 Å². The zero-order valence-electron chi connectivity index (χ0n) is 14.3. The van der Waals surface area contributed by atoms with Gasteiger partial charge in [0.05, 0.1) is 0 Å². The Hall–Kier alpha value is -2.15. The summed E-state index contributed by atoms with van der Waals surface area (Å²) in [6.07, 6.45) is 1.83. The highest BCUT2D eigenvalue weighted by molar-refractivity contribution is 9.10. The molecule has 0 fully saturated rings. The number of benzene rings is 1. The Kier molecular flexibility index (Phi) is 4.11. The minimum absolute atomic E-state index is 0.00603. The van der Waals surface area contributed by atoms with E-state index in [0.717, 1.165) is 34.4 Å². The predicted octanol–water partition coefficient (Wildman–Crippen LogP) is 3.59. The van der Waals surface area contributed by atoms with E-state index in [0.29, 0.717) is 24.7 Å². The number of hydrogen-bond donors (Lipinski definition) is 1. The summed E-state index contributed by atoms with van der Waals surface area (Å²) in [4.78, 5) is 22.4. The van der Waals surface area contributed by atoms with Crippen LogP contribution >= 0.6 is 15.9 Å². The van der Waals surface area contributed by atoms with Crippen molar-refractivity contribution in [2.24, 2.45) is 0 Å². The molecule has 1 aromatic carbocycles. The highest BCUT2D eigenvalue weighted by atomic mass is 79.9. The molecule has 1 N–H and O–H groups in total. The van der Waals surface area contributed by atoms with Crippen LogP contribution in [-0.2, 0) is 13.1 Å². The fourth-order valence-electron chi connectivity index (χ4n) is 3.33. The summed E-state index contributed by atoms with van der Waals surface area (Å²) in [6.45, 7) is 5.51. The van der Waals surface area contributed by atoms with Crippen LogP contribution in [0.5, 0.6) is 0 Å². The van der Waals surface area contributed by atoms with Gasteiger partial charge in [-0.25, -0.2) is 14.8 Å². The van der Waals surface area contributed by atoms with Crippen molar-refractivity contribution in [3.8, 4) is 22.9 Å². The second-order valence-corrected chi connectivity index (χ2v) is 7.29. The Bertz CT molecular complexity index is 961. The molecule has 0 aromatic heterocycles. The van der Waals surface area contributed by atoms with Crippen LogP contribution in [0.15, 0.2) is 33.5 Å². The quantitative estimate of drug-likeness (QED) is 0.725. The first kappa shape index (κ1) is 16.3. The highest BCUT2D eigenvalue weighted by Gasteiger charge is 2.31. The molecule has 3 aliphatic heterocycles. The molecule has 6 nitrogen and oxygen atoms in total. The zero-order chi connectivity index (χ0) is 17.6. The molecular formula is C18H20BrN5O. The largest absolute Gasteiger partial charge is 0.365 e. The number of aromatic nitrogens is 4. The van der Waals surface area contributed by atoms with Crippen molar-refractivity contribution in [1.82, 2.24) is 19.1 Å². The molecule has 1 aromatic rings. The number of nitrogens with zero attached hydrogens (tertiary/aromatic N) is 4. The van der Waals surface area contributed by atoms with Gasteiger partial charge in [0, 0.05) is 29.2 Å². The number of rotatable bonds is 4. The van der Waals surface area contributed by atoms with Crippen LogP contribution in [-0.4, -0.2) is 25.1 Å². The minimum atomic E-state index is -0.00603. The van der Waals surface area contributed by atoms with Gasteiger partial charge in [0.1, 0.15) is 11.5 Å². The Morgan fingerprint density at radius 1 is 1.32 bits per heavy atom. The Balaban J connectivity index is 1.95. The molecule has 1 atom stereocenters. The molecular weight excluding hydrogens is 382 g/mol. The molecule has 1 unspecified atom stereocenters. The standard InChI is InChI=1S/C18H20BrN5O/c1-3-8-23-17-14(16-20-13(4-2)10-24(16)18(23)25)21-15(22-17)11-6-5-7-12(19)9-11/h5-7,9,13,20H,3-4,8,10H2,1-2H3. The molecule has 0 radical (unpaired) electrons. The summed E-state index contributed by atoms with van der Waals surface area (Å²) in [5.41, 5.74) is 1.71. The van der Waals surface area contributed by atoms with Crippen LogP contribution in [0.4, 0.5) is 5.82 Å². The molecule has 0 spiro atoms. The molecule has 0 amide bonds. The third-order valence-corrected chi connectivity index (χ3v) is 5.11. The van der Waals surface area contributed by atoms with Crippen molar-refractivity contribution < 1.29 is 0 Å². The van der Waals surface area contributed by atoms with E-state index in [1.807, 2.05) is 28.8 Å². The Morgan fingerprint density at radius 3 is 2.88 bits per heavy atom. The highest BCUT2D eigenvalue weighted by Crippen LogP contribution is 2.33. The van der Waals surface area contributed by atoms with E-state index >= 15 is 0 Å². The lowest BCUT2D eigenvalue weighted by atomic mass is 10.2. The lowest BCUT2D eigenvalue weighted by Gasteiger charge is -2.13. The van der Waals surface area contributed by atoms with Crippen LogP contribution in [0, 0.1) is 0 Å². The fourth-order valence-corrected chi connectivity index (χ4v) is 3.73. The smallest absolute Gasteiger partial charge is 0.331 e. The average Bonchev–Trinajstić information content (AvgIpc) is 3.23. The average molecular weight is 402 g/mol. The normalized spacial score (nSPS) is 16.2. The summed E-state index contributed by atoms with van der Waals surface area (Å²) < 4.78 is 4.55. The monoisotopic (exact) mass is 401 g/mol. The van der Waals surface area contributed by atoms with E-state index in [-0.39, 0.29) is 11.7 Å². The maximum absolute atomic E-state index is 12.9. The summed E-state index contributed by atoms with van der Waals surface area (Å²) in [5, 5.41) is 3.45. The molecule has 3 aliphatic rings. The third kappa shape index (κ3) is 2.66. The molecule has 0 saturated heterocycles. The van der Waals surface area contributed by atoms with Crippen LogP contribution in [0.1, 0.15) is 26.7 Å². The van der Waals surface area contributed by atoms with Crippen LogP contribution in [0.3, 0.4) is 0 Å². The maximum atomic E-state index is 12.9. The molecule has 3 heterocycles. The Labute approximate surface area is 154 Å². The molecule has 25 heavy (non-hydrogen) atoms. The predicted molar refractivity (Wildman–Crippen MR) is 102 cm³/mol. The van der Waals surface area contributed by atoms with Gasteiger partial charge >= 0.3 is 5.69 Å². The van der Waals surface area contributed by atoms with Gasteiger partial charge in [-0.2, -0.15) is 0 Å². The van der Waals surface area contributed by atoms with Crippen molar-refractivity contribution in [1.29, 1.82) is 0 Å². The second-order valence-electron chi connectivity index (χ2n) is 6.37. The van der Waals surface area contributed by atoms with Crippen molar-refractivity contribution >= 4 is 21.7 Å². The molecule has 4 rings (SSSR count). The summed E-state index contributed by atoms with van der Waals surface area (Å²) in [7, 11) is 0. The van der Waals surface area contributed by atoms with Gasteiger partial charge in [-0.1, -0.05) is 41.9 Å². The Morgan fingerprint density at radius 2 is 2.16 bits per heavy atom. The second kappa shape index (κ2) is 6.29. The summed E-state index contributed by atoms with van der Waals surface area (Å²) in [5.74, 6) is 2.11. The molecule has 130 valence electrons. The fraction of sp³-hybridized carbons (Fsp3) is 0.389. The molecule has 0 bridgehead atoms. The first-order chi connectivity index (χ1) is 12.1. The lowest BCUT2D eigenvalue weighted by Crippen LogP contribution is -2.32. The number of nitrogens with one attached hydrogen (secondary N) is 1. The van der Waals surface area contributed by atoms with E-state index in [2.05, 4.69) is 35.1 Å².